The standard InChI is InChI=1S/C17H14N2O2.C7H8O/c1-12-7-14(10-18-9-12)6-5-13-3-2-4-15(8-13)16-11-21-17(20)19-16;1-8-7-5-3-2-4-6-7/h2-4,7-10,16H,11H2,1H3,(H,19,20);2-6H,1H3/t16-;/m0./s1. The zero-order chi connectivity index (χ0) is 20.5. The van der Waals surface area contributed by atoms with Crippen molar-refractivity contribution in [3.05, 3.63) is 95.3 Å². The maximum Gasteiger partial charge on any atom is 0.407 e. The first-order chi connectivity index (χ1) is 14.1. The van der Waals surface area contributed by atoms with Crippen molar-refractivity contribution in [3.8, 4) is 17.6 Å². The molecule has 2 aromatic carbocycles. The minimum absolute atomic E-state index is 0.0973. The molecule has 146 valence electrons. The minimum Gasteiger partial charge on any atom is -0.497 e. The molecule has 1 N–H and O–H groups in total. The molecule has 0 saturated carbocycles. The van der Waals surface area contributed by atoms with Crippen LogP contribution in [0.2, 0.25) is 0 Å². The summed E-state index contributed by atoms with van der Waals surface area (Å²) in [4.78, 5) is 15.2. The van der Waals surface area contributed by atoms with E-state index in [1.54, 1.807) is 19.5 Å². The molecular weight excluding hydrogens is 364 g/mol. The average molecular weight is 386 g/mol. The number of aromatic nitrogens is 1. The number of hydrogen-bond donors (Lipinski definition) is 1. The number of carbonyl (C=O) groups is 1. The second-order valence-corrected chi connectivity index (χ2v) is 6.44. The smallest absolute Gasteiger partial charge is 0.407 e. The molecule has 1 aromatic heterocycles. The number of nitrogens with zero attached hydrogens (tertiary/aromatic N) is 1. The van der Waals surface area contributed by atoms with Gasteiger partial charge < -0.3 is 14.8 Å². The molecule has 0 unspecified atom stereocenters. The summed E-state index contributed by atoms with van der Waals surface area (Å²) >= 11 is 0. The van der Waals surface area contributed by atoms with Crippen molar-refractivity contribution in [2.45, 2.75) is 13.0 Å². The molecule has 29 heavy (non-hydrogen) atoms. The summed E-state index contributed by atoms with van der Waals surface area (Å²) in [5.41, 5.74) is 3.87. The largest absolute Gasteiger partial charge is 0.497 e. The predicted octanol–water partition coefficient (Wildman–Crippen LogP) is 4.27. The van der Waals surface area contributed by atoms with Crippen molar-refractivity contribution >= 4 is 6.09 Å². The van der Waals surface area contributed by atoms with Crippen molar-refractivity contribution in [1.29, 1.82) is 0 Å². The molecule has 4 rings (SSSR count). The van der Waals surface area contributed by atoms with Gasteiger partial charge in [0.15, 0.2) is 0 Å². The van der Waals surface area contributed by atoms with Crippen LogP contribution in [0.1, 0.15) is 28.3 Å². The molecule has 1 saturated heterocycles. The van der Waals surface area contributed by atoms with Gasteiger partial charge in [-0.2, -0.15) is 0 Å². The molecule has 1 fully saturated rings. The van der Waals surface area contributed by atoms with Crippen LogP contribution >= 0.6 is 0 Å². The SMILES string of the molecule is COc1ccccc1.Cc1cncc(C#Cc2cccc([C@@H]3COC(=O)N3)c2)c1. The number of carbonyl (C=O) groups excluding carboxylic acids is 1. The summed E-state index contributed by atoms with van der Waals surface area (Å²) in [6.07, 6.45) is 3.17. The lowest BCUT2D eigenvalue weighted by Gasteiger charge is -2.07. The van der Waals surface area contributed by atoms with Crippen LogP contribution in [0, 0.1) is 18.8 Å². The van der Waals surface area contributed by atoms with Gasteiger partial charge in [-0.3, -0.25) is 4.98 Å². The highest BCUT2D eigenvalue weighted by molar-refractivity contribution is 5.70. The topological polar surface area (TPSA) is 60.5 Å². The van der Waals surface area contributed by atoms with E-state index < -0.39 is 0 Å². The highest BCUT2D eigenvalue weighted by Crippen LogP contribution is 2.18. The Morgan fingerprint density at radius 3 is 2.48 bits per heavy atom. The lowest BCUT2D eigenvalue weighted by molar-refractivity contribution is 0.177. The van der Waals surface area contributed by atoms with Crippen molar-refractivity contribution in [1.82, 2.24) is 10.3 Å². The number of benzene rings is 2. The number of pyridine rings is 1. The number of para-hydroxylation sites is 1. The van der Waals surface area contributed by atoms with Crippen LogP contribution in [0.25, 0.3) is 0 Å². The summed E-state index contributed by atoms with van der Waals surface area (Å²) in [6.45, 7) is 2.35. The number of amides is 1. The first kappa shape index (κ1) is 20.0. The third-order valence-electron chi connectivity index (χ3n) is 4.17. The van der Waals surface area contributed by atoms with Crippen LogP contribution in [-0.4, -0.2) is 24.8 Å². The van der Waals surface area contributed by atoms with Gasteiger partial charge in [-0.25, -0.2) is 4.79 Å². The number of hydrogen-bond acceptors (Lipinski definition) is 4. The van der Waals surface area contributed by atoms with Gasteiger partial charge in [0.2, 0.25) is 0 Å². The van der Waals surface area contributed by atoms with Crippen molar-refractivity contribution in [3.63, 3.8) is 0 Å². The molecule has 1 amide bonds. The third-order valence-corrected chi connectivity index (χ3v) is 4.17. The van der Waals surface area contributed by atoms with E-state index >= 15 is 0 Å². The summed E-state index contributed by atoms with van der Waals surface area (Å²) < 4.78 is 9.82. The summed E-state index contributed by atoms with van der Waals surface area (Å²) in [6, 6.07) is 19.4. The van der Waals surface area contributed by atoms with Crippen molar-refractivity contribution < 1.29 is 14.3 Å². The quantitative estimate of drug-likeness (QED) is 0.669. The van der Waals surface area contributed by atoms with Gasteiger partial charge in [-0.15, -0.1) is 0 Å². The van der Waals surface area contributed by atoms with Crippen LogP contribution in [-0.2, 0) is 4.74 Å². The van der Waals surface area contributed by atoms with Crippen molar-refractivity contribution in [2.24, 2.45) is 0 Å². The minimum atomic E-state index is -0.373. The Bertz CT molecular complexity index is 1020. The molecule has 0 spiro atoms. The monoisotopic (exact) mass is 386 g/mol. The molecule has 5 nitrogen and oxygen atoms in total. The highest BCUT2D eigenvalue weighted by Gasteiger charge is 2.23. The number of aryl methyl sites for hydroxylation is 1. The second-order valence-electron chi connectivity index (χ2n) is 6.44. The predicted molar refractivity (Wildman–Crippen MR) is 112 cm³/mol. The van der Waals surface area contributed by atoms with Crippen LogP contribution in [0.4, 0.5) is 4.79 Å². The summed E-state index contributed by atoms with van der Waals surface area (Å²) in [7, 11) is 1.66. The lowest BCUT2D eigenvalue weighted by Crippen LogP contribution is -2.18. The Morgan fingerprint density at radius 1 is 1.03 bits per heavy atom. The molecule has 5 heteroatoms. The number of alkyl carbamates (subject to hydrolysis) is 1. The van der Waals surface area contributed by atoms with E-state index in [1.807, 2.05) is 67.6 Å². The second kappa shape index (κ2) is 9.95. The van der Waals surface area contributed by atoms with Gasteiger partial charge >= 0.3 is 6.09 Å². The Balaban J connectivity index is 0.000000252. The molecular formula is C24H22N2O3. The maximum absolute atomic E-state index is 11.1. The number of cyclic esters (lactones) is 1. The van der Waals surface area contributed by atoms with Crippen LogP contribution in [0.3, 0.4) is 0 Å². The fourth-order valence-corrected chi connectivity index (χ4v) is 2.72. The number of ether oxygens (including phenoxy) is 2. The van der Waals surface area contributed by atoms with E-state index in [2.05, 4.69) is 22.1 Å². The zero-order valence-electron chi connectivity index (χ0n) is 16.4. The number of rotatable bonds is 2. The number of nitrogens with one attached hydrogen (secondary N) is 1. The van der Waals surface area contributed by atoms with E-state index in [0.717, 1.165) is 28.0 Å². The Labute approximate surface area is 170 Å². The summed E-state index contributed by atoms with van der Waals surface area (Å²) in [5, 5.41) is 2.76. The first-order valence-electron chi connectivity index (χ1n) is 9.20. The summed E-state index contributed by atoms with van der Waals surface area (Å²) in [5.74, 6) is 7.13. The molecule has 0 aliphatic carbocycles. The van der Waals surface area contributed by atoms with E-state index in [9.17, 15) is 4.79 Å². The van der Waals surface area contributed by atoms with Crippen LogP contribution < -0.4 is 10.1 Å². The highest BCUT2D eigenvalue weighted by atomic mass is 16.6. The van der Waals surface area contributed by atoms with Gasteiger partial charge in [-0.05, 0) is 48.4 Å². The van der Waals surface area contributed by atoms with E-state index in [1.165, 1.54) is 0 Å². The van der Waals surface area contributed by atoms with Gasteiger partial charge in [0.1, 0.15) is 12.4 Å². The maximum atomic E-state index is 11.1. The van der Waals surface area contributed by atoms with E-state index in [0.29, 0.717) is 6.61 Å². The molecule has 0 radical (unpaired) electrons. The van der Waals surface area contributed by atoms with E-state index in [4.69, 9.17) is 9.47 Å². The molecule has 1 atom stereocenters. The fraction of sp³-hybridized carbons (Fsp3) is 0.167. The molecule has 1 aliphatic rings. The normalized spacial score (nSPS) is 14.4. The molecule has 3 aromatic rings. The average Bonchev–Trinajstić information content (AvgIpc) is 3.20. The van der Waals surface area contributed by atoms with Crippen LogP contribution in [0.15, 0.2) is 73.1 Å². The molecule has 2 heterocycles. The molecule has 0 bridgehead atoms. The van der Waals surface area contributed by atoms with Gasteiger partial charge in [0.05, 0.1) is 13.2 Å². The Morgan fingerprint density at radius 2 is 1.83 bits per heavy atom. The Kier molecular flexibility index (Phi) is 6.85. The van der Waals surface area contributed by atoms with Gasteiger partial charge in [-0.1, -0.05) is 42.2 Å². The van der Waals surface area contributed by atoms with Gasteiger partial charge in [0, 0.05) is 23.5 Å². The fourth-order valence-electron chi connectivity index (χ4n) is 2.72. The first-order valence-corrected chi connectivity index (χ1v) is 9.20. The van der Waals surface area contributed by atoms with Gasteiger partial charge in [0.25, 0.3) is 0 Å². The van der Waals surface area contributed by atoms with E-state index in [-0.39, 0.29) is 12.1 Å². The number of methoxy groups -OCH3 is 1. The zero-order valence-corrected chi connectivity index (χ0v) is 16.4. The Hall–Kier alpha value is -3.78. The third kappa shape index (κ3) is 6.12. The molecule has 1 aliphatic heterocycles. The van der Waals surface area contributed by atoms with Crippen LogP contribution in [0.5, 0.6) is 5.75 Å². The lowest BCUT2D eigenvalue weighted by atomic mass is 10.0. The van der Waals surface area contributed by atoms with Crippen molar-refractivity contribution in [2.75, 3.05) is 13.7 Å².